The summed E-state index contributed by atoms with van der Waals surface area (Å²) in [7, 11) is 0. The molecule has 2 aliphatic heterocycles. The van der Waals surface area contributed by atoms with E-state index in [0.29, 0.717) is 29.8 Å². The summed E-state index contributed by atoms with van der Waals surface area (Å²) < 4.78 is 11.0. The largest absolute Gasteiger partial charge is 0.494 e. The van der Waals surface area contributed by atoms with Crippen LogP contribution in [-0.4, -0.2) is 34.7 Å². The monoisotopic (exact) mass is 385 g/mol. The summed E-state index contributed by atoms with van der Waals surface area (Å²) in [6.45, 7) is 3.58. The van der Waals surface area contributed by atoms with Gasteiger partial charge in [-0.2, -0.15) is 0 Å². The number of nitrogens with zero attached hydrogens (tertiary/aromatic N) is 1. The Bertz CT molecular complexity index is 733. The van der Waals surface area contributed by atoms with Gasteiger partial charge in [0.25, 0.3) is 0 Å². The lowest BCUT2D eigenvalue weighted by atomic mass is 9.97. The molecule has 0 unspecified atom stereocenters. The van der Waals surface area contributed by atoms with Gasteiger partial charge in [-0.25, -0.2) is 0 Å². The lowest BCUT2D eigenvalue weighted by molar-refractivity contribution is 0.106. The quantitative estimate of drug-likeness (QED) is 0.728. The first kappa shape index (κ1) is 18.3. The Labute approximate surface area is 166 Å². The fraction of sp³-hybridized carbons (Fsp3) is 0.476. The van der Waals surface area contributed by atoms with Crippen LogP contribution in [-0.2, 0) is 6.54 Å². The molecule has 2 aliphatic rings. The molecule has 0 spiro atoms. The van der Waals surface area contributed by atoms with Gasteiger partial charge in [0.2, 0.25) is 0 Å². The summed E-state index contributed by atoms with van der Waals surface area (Å²) in [5.41, 5.74) is 0.981. The first-order valence-corrected chi connectivity index (χ1v) is 10.2. The molecule has 0 amide bonds. The fourth-order valence-electron chi connectivity index (χ4n) is 4.39. The number of hydrogen-bond acceptors (Lipinski definition) is 4. The van der Waals surface area contributed by atoms with Crippen LogP contribution >= 0.6 is 12.2 Å². The highest BCUT2D eigenvalue weighted by molar-refractivity contribution is 7.80. The number of hydrogen-bond donors (Lipinski definition) is 2. The number of furan rings is 1. The van der Waals surface area contributed by atoms with Crippen molar-refractivity contribution in [2.45, 2.75) is 57.3 Å². The maximum Gasteiger partial charge on any atom is 0.170 e. The third-order valence-corrected chi connectivity index (χ3v) is 5.78. The van der Waals surface area contributed by atoms with Crippen molar-refractivity contribution in [3.63, 3.8) is 0 Å². The molecule has 0 radical (unpaired) electrons. The molecule has 2 N–H and O–H groups in total. The molecule has 2 aromatic rings. The summed E-state index contributed by atoms with van der Waals surface area (Å²) in [5.74, 6) is 1.94. The third kappa shape index (κ3) is 4.45. The van der Waals surface area contributed by atoms with E-state index < -0.39 is 0 Å². The van der Waals surface area contributed by atoms with E-state index in [4.69, 9.17) is 21.4 Å². The number of fused-ring (bicyclic) bond motifs is 2. The zero-order valence-corrected chi connectivity index (χ0v) is 16.5. The van der Waals surface area contributed by atoms with Gasteiger partial charge < -0.3 is 19.8 Å². The maximum atomic E-state index is 5.55. The van der Waals surface area contributed by atoms with Gasteiger partial charge >= 0.3 is 0 Å². The van der Waals surface area contributed by atoms with Crippen LogP contribution in [0.1, 0.15) is 38.4 Å². The van der Waals surface area contributed by atoms with Crippen LogP contribution < -0.4 is 15.4 Å². The predicted octanol–water partition coefficient (Wildman–Crippen LogP) is 4.16. The van der Waals surface area contributed by atoms with E-state index >= 15 is 0 Å². The number of nitrogens with one attached hydrogen (secondary N) is 2. The Morgan fingerprint density at radius 1 is 1.19 bits per heavy atom. The molecule has 144 valence electrons. The minimum atomic E-state index is 0.429. The molecule has 2 fully saturated rings. The second kappa shape index (κ2) is 8.31. The van der Waals surface area contributed by atoms with Crippen LogP contribution in [0.5, 0.6) is 5.75 Å². The molecule has 27 heavy (non-hydrogen) atoms. The molecule has 2 atom stereocenters. The zero-order chi connectivity index (χ0) is 18.6. The van der Waals surface area contributed by atoms with Crippen molar-refractivity contribution in [1.29, 1.82) is 0 Å². The normalized spacial score (nSPS) is 24.6. The van der Waals surface area contributed by atoms with Gasteiger partial charge in [-0.15, -0.1) is 0 Å². The Morgan fingerprint density at radius 3 is 2.56 bits per heavy atom. The van der Waals surface area contributed by atoms with Crippen molar-refractivity contribution >= 4 is 23.0 Å². The highest BCUT2D eigenvalue weighted by Gasteiger charge is 2.41. The van der Waals surface area contributed by atoms with Crippen LogP contribution in [0.4, 0.5) is 5.69 Å². The van der Waals surface area contributed by atoms with Crippen molar-refractivity contribution in [2.24, 2.45) is 0 Å². The summed E-state index contributed by atoms with van der Waals surface area (Å²) in [4.78, 5) is 2.61. The molecule has 4 rings (SSSR count). The van der Waals surface area contributed by atoms with Gasteiger partial charge in [-0.3, -0.25) is 4.90 Å². The smallest absolute Gasteiger partial charge is 0.170 e. The van der Waals surface area contributed by atoms with Crippen LogP contribution in [0.3, 0.4) is 0 Å². The average Bonchev–Trinajstić information content (AvgIpc) is 3.24. The number of anilines is 1. The maximum absolute atomic E-state index is 5.55. The molecule has 1 aromatic carbocycles. The third-order valence-electron chi connectivity index (χ3n) is 5.56. The SMILES string of the molecule is CCOc1ccc(NC(=S)NC2C[C@@H]3CC[C@@H](C2)N3Cc2ccco2)cc1. The molecule has 3 heterocycles. The van der Waals surface area contributed by atoms with Crippen molar-refractivity contribution in [3.05, 3.63) is 48.4 Å². The molecular weight excluding hydrogens is 358 g/mol. The summed E-state index contributed by atoms with van der Waals surface area (Å²) >= 11 is 5.54. The van der Waals surface area contributed by atoms with E-state index in [2.05, 4.69) is 21.6 Å². The summed E-state index contributed by atoms with van der Waals surface area (Å²) in [6, 6.07) is 13.6. The van der Waals surface area contributed by atoms with Gasteiger partial charge in [-0.1, -0.05) is 0 Å². The predicted molar refractivity (Wildman–Crippen MR) is 111 cm³/mol. The number of benzene rings is 1. The van der Waals surface area contributed by atoms with Crippen LogP contribution in [0.25, 0.3) is 0 Å². The Morgan fingerprint density at radius 2 is 1.93 bits per heavy atom. The zero-order valence-electron chi connectivity index (χ0n) is 15.7. The van der Waals surface area contributed by atoms with Crippen molar-refractivity contribution in [2.75, 3.05) is 11.9 Å². The van der Waals surface area contributed by atoms with E-state index in [1.807, 2.05) is 37.3 Å². The Kier molecular flexibility index (Phi) is 5.64. The van der Waals surface area contributed by atoms with Gasteiger partial charge in [0, 0.05) is 23.8 Å². The summed E-state index contributed by atoms with van der Waals surface area (Å²) in [6.07, 6.45) is 6.55. The average molecular weight is 386 g/mol. The van der Waals surface area contributed by atoms with Crippen LogP contribution in [0, 0.1) is 0 Å². The van der Waals surface area contributed by atoms with E-state index in [1.54, 1.807) is 6.26 Å². The van der Waals surface area contributed by atoms with Crippen LogP contribution in [0.2, 0.25) is 0 Å². The molecular formula is C21H27N3O2S. The van der Waals surface area contributed by atoms with Gasteiger partial charge in [0.05, 0.1) is 19.4 Å². The number of ether oxygens (including phenoxy) is 1. The van der Waals surface area contributed by atoms with Gasteiger partial charge in [-0.05, 0) is 81.2 Å². The van der Waals surface area contributed by atoms with E-state index in [-0.39, 0.29) is 0 Å². The molecule has 6 heteroatoms. The molecule has 1 aromatic heterocycles. The van der Waals surface area contributed by atoms with Gasteiger partial charge in [0.1, 0.15) is 11.5 Å². The van der Waals surface area contributed by atoms with E-state index in [0.717, 1.165) is 36.6 Å². The van der Waals surface area contributed by atoms with Crippen molar-refractivity contribution in [1.82, 2.24) is 10.2 Å². The lowest BCUT2D eigenvalue weighted by Crippen LogP contribution is -2.50. The first-order chi connectivity index (χ1) is 13.2. The van der Waals surface area contributed by atoms with Crippen LogP contribution in [0.15, 0.2) is 47.1 Å². The summed E-state index contributed by atoms with van der Waals surface area (Å²) in [5, 5.41) is 7.52. The van der Waals surface area contributed by atoms with E-state index in [9.17, 15) is 0 Å². The fourth-order valence-corrected chi connectivity index (χ4v) is 4.67. The number of piperidine rings is 1. The molecule has 5 nitrogen and oxygen atoms in total. The number of thiocarbonyl (C=S) groups is 1. The number of rotatable bonds is 6. The highest BCUT2D eigenvalue weighted by Crippen LogP contribution is 2.37. The minimum Gasteiger partial charge on any atom is -0.494 e. The molecule has 2 saturated heterocycles. The first-order valence-electron chi connectivity index (χ1n) is 9.79. The topological polar surface area (TPSA) is 49.7 Å². The Balaban J connectivity index is 1.28. The lowest BCUT2D eigenvalue weighted by Gasteiger charge is -2.39. The molecule has 0 aliphatic carbocycles. The van der Waals surface area contributed by atoms with Crippen molar-refractivity contribution < 1.29 is 9.15 Å². The second-order valence-electron chi connectivity index (χ2n) is 7.36. The Hall–Kier alpha value is -2.05. The second-order valence-corrected chi connectivity index (χ2v) is 7.77. The van der Waals surface area contributed by atoms with Gasteiger partial charge in [0.15, 0.2) is 5.11 Å². The molecule has 0 saturated carbocycles. The minimum absolute atomic E-state index is 0.429. The standard InChI is InChI=1S/C21H27N3O2S/c1-2-25-19-9-5-15(6-10-19)22-21(27)23-16-12-17-7-8-18(13-16)24(17)14-20-4-3-11-26-20/h3-6,9-11,16-18H,2,7-8,12-14H2,1H3,(H2,22,23,27)/t17-,18-/m0/s1. The van der Waals surface area contributed by atoms with E-state index in [1.165, 1.54) is 12.8 Å². The highest BCUT2D eigenvalue weighted by atomic mass is 32.1. The molecule has 2 bridgehead atoms. The van der Waals surface area contributed by atoms with Crippen molar-refractivity contribution in [3.8, 4) is 5.75 Å².